The quantitative estimate of drug-likeness (QED) is 0.641. The van der Waals surface area contributed by atoms with Crippen molar-refractivity contribution in [1.82, 2.24) is 25.6 Å². The number of carbonyl (C=O) groups excluding carboxylic acids is 1. The topological polar surface area (TPSA) is 106 Å². The van der Waals surface area contributed by atoms with E-state index < -0.39 is 21.3 Å². The lowest BCUT2D eigenvalue weighted by molar-refractivity contribution is -0.122. The van der Waals surface area contributed by atoms with E-state index in [9.17, 15) is 13.2 Å². The SMILES string of the molecule is CNCc1cn(CC(=O)NC2CS(=O)(=O)CC2Cl)nn1. The summed E-state index contributed by atoms with van der Waals surface area (Å²) in [6.45, 7) is 0.545. The first-order valence-corrected chi connectivity index (χ1v) is 8.33. The van der Waals surface area contributed by atoms with E-state index in [-0.39, 0.29) is 24.0 Å². The van der Waals surface area contributed by atoms with E-state index in [4.69, 9.17) is 11.6 Å². The van der Waals surface area contributed by atoms with Crippen molar-refractivity contribution in [3.05, 3.63) is 11.9 Å². The van der Waals surface area contributed by atoms with E-state index in [0.717, 1.165) is 5.69 Å². The van der Waals surface area contributed by atoms with Crippen molar-refractivity contribution in [3.63, 3.8) is 0 Å². The fraction of sp³-hybridized carbons (Fsp3) is 0.700. The van der Waals surface area contributed by atoms with Crippen molar-refractivity contribution in [1.29, 1.82) is 0 Å². The second-order valence-corrected chi connectivity index (χ2v) is 7.42. The maximum Gasteiger partial charge on any atom is 0.242 e. The molecule has 0 aromatic carbocycles. The molecule has 20 heavy (non-hydrogen) atoms. The Morgan fingerprint density at radius 2 is 2.30 bits per heavy atom. The first-order valence-electron chi connectivity index (χ1n) is 6.07. The highest BCUT2D eigenvalue weighted by Gasteiger charge is 2.37. The zero-order valence-corrected chi connectivity index (χ0v) is 12.5. The van der Waals surface area contributed by atoms with Gasteiger partial charge in [0.1, 0.15) is 6.54 Å². The number of hydrogen-bond acceptors (Lipinski definition) is 6. The molecule has 8 nitrogen and oxygen atoms in total. The van der Waals surface area contributed by atoms with Crippen LogP contribution in [0.15, 0.2) is 6.20 Å². The van der Waals surface area contributed by atoms with Gasteiger partial charge < -0.3 is 10.6 Å². The Balaban J connectivity index is 1.89. The molecule has 1 aliphatic rings. The molecule has 2 rings (SSSR count). The standard InChI is InChI=1S/C10H16ClN5O3S/c1-12-2-7-3-16(15-14-7)4-10(17)13-9-6-20(18,19)5-8(9)11/h3,8-9,12H,2,4-6H2,1H3,(H,13,17). The zero-order valence-electron chi connectivity index (χ0n) is 10.9. The van der Waals surface area contributed by atoms with Gasteiger partial charge >= 0.3 is 0 Å². The van der Waals surface area contributed by atoms with E-state index in [1.165, 1.54) is 4.68 Å². The molecule has 2 N–H and O–H groups in total. The lowest BCUT2D eigenvalue weighted by Gasteiger charge is -2.13. The Labute approximate surface area is 121 Å². The van der Waals surface area contributed by atoms with Crippen LogP contribution in [0.5, 0.6) is 0 Å². The fourth-order valence-corrected chi connectivity index (χ4v) is 4.56. The first-order chi connectivity index (χ1) is 9.39. The average Bonchev–Trinajstić information content (AvgIpc) is 2.84. The van der Waals surface area contributed by atoms with Gasteiger partial charge in [-0.1, -0.05) is 5.21 Å². The smallest absolute Gasteiger partial charge is 0.242 e. The van der Waals surface area contributed by atoms with Crippen LogP contribution in [-0.4, -0.2) is 59.3 Å². The summed E-state index contributed by atoms with van der Waals surface area (Å²) < 4.78 is 24.2. The van der Waals surface area contributed by atoms with Gasteiger partial charge in [-0.2, -0.15) is 0 Å². The maximum atomic E-state index is 11.8. The van der Waals surface area contributed by atoms with Crippen LogP contribution in [0, 0.1) is 0 Å². The second-order valence-electron chi connectivity index (χ2n) is 4.70. The minimum atomic E-state index is -3.16. The summed E-state index contributed by atoms with van der Waals surface area (Å²) in [7, 11) is -1.37. The minimum absolute atomic E-state index is 0.0170. The largest absolute Gasteiger partial charge is 0.349 e. The molecule has 0 bridgehead atoms. The molecule has 0 spiro atoms. The molecular weight excluding hydrogens is 306 g/mol. The van der Waals surface area contributed by atoms with Crippen LogP contribution in [0.2, 0.25) is 0 Å². The van der Waals surface area contributed by atoms with Gasteiger partial charge in [-0.15, -0.1) is 16.7 Å². The highest BCUT2D eigenvalue weighted by Crippen LogP contribution is 2.17. The summed E-state index contributed by atoms with van der Waals surface area (Å²) in [5.41, 5.74) is 0.721. The molecule has 0 saturated carbocycles. The first kappa shape index (κ1) is 15.2. The molecule has 1 aromatic heterocycles. The monoisotopic (exact) mass is 321 g/mol. The number of amides is 1. The summed E-state index contributed by atoms with van der Waals surface area (Å²) in [5.74, 6) is -0.552. The van der Waals surface area contributed by atoms with Crippen LogP contribution in [0.4, 0.5) is 0 Å². The third kappa shape index (κ3) is 3.90. The summed E-state index contributed by atoms with van der Waals surface area (Å²) in [6, 6.07) is -0.547. The third-order valence-electron chi connectivity index (χ3n) is 2.88. The number of nitrogens with one attached hydrogen (secondary N) is 2. The molecule has 1 amide bonds. The minimum Gasteiger partial charge on any atom is -0.349 e. The lowest BCUT2D eigenvalue weighted by atomic mass is 10.2. The van der Waals surface area contributed by atoms with Crippen molar-refractivity contribution in [2.75, 3.05) is 18.6 Å². The Kier molecular flexibility index (Phi) is 4.61. The van der Waals surface area contributed by atoms with Crippen LogP contribution >= 0.6 is 11.6 Å². The van der Waals surface area contributed by atoms with Crippen LogP contribution in [0.3, 0.4) is 0 Å². The predicted molar refractivity (Wildman–Crippen MR) is 73.0 cm³/mol. The fourth-order valence-electron chi connectivity index (χ4n) is 2.01. The van der Waals surface area contributed by atoms with Gasteiger partial charge in [0, 0.05) is 6.54 Å². The van der Waals surface area contributed by atoms with Crippen molar-refractivity contribution in [2.24, 2.45) is 0 Å². The third-order valence-corrected chi connectivity index (χ3v) is 5.25. The second kappa shape index (κ2) is 6.06. The molecule has 1 saturated heterocycles. The van der Waals surface area contributed by atoms with Gasteiger partial charge in [-0.3, -0.25) is 4.79 Å². The molecule has 10 heteroatoms. The van der Waals surface area contributed by atoms with Crippen molar-refractivity contribution < 1.29 is 13.2 Å². The molecule has 1 aliphatic heterocycles. The summed E-state index contributed by atoms with van der Waals surface area (Å²) >= 11 is 5.92. The Bertz CT molecular complexity index is 587. The number of nitrogens with zero attached hydrogens (tertiary/aromatic N) is 3. The Hall–Kier alpha value is -1.19. The van der Waals surface area contributed by atoms with Crippen LogP contribution in [0.25, 0.3) is 0 Å². The zero-order chi connectivity index (χ0) is 14.8. The number of rotatable bonds is 5. The van der Waals surface area contributed by atoms with E-state index in [2.05, 4.69) is 20.9 Å². The van der Waals surface area contributed by atoms with E-state index in [1.54, 1.807) is 13.2 Å². The maximum absolute atomic E-state index is 11.8. The molecule has 2 heterocycles. The predicted octanol–water partition coefficient (Wildman–Crippen LogP) is -1.48. The van der Waals surface area contributed by atoms with Gasteiger partial charge in [0.25, 0.3) is 0 Å². The number of alkyl halides is 1. The summed E-state index contributed by atoms with van der Waals surface area (Å²) in [6.07, 6.45) is 1.65. The molecule has 2 atom stereocenters. The molecule has 112 valence electrons. The average molecular weight is 322 g/mol. The van der Waals surface area contributed by atoms with Crippen molar-refractivity contribution in [2.45, 2.75) is 24.5 Å². The number of halogens is 1. The summed E-state index contributed by atoms with van der Waals surface area (Å²) in [4.78, 5) is 11.8. The van der Waals surface area contributed by atoms with E-state index in [0.29, 0.717) is 6.54 Å². The van der Waals surface area contributed by atoms with Crippen molar-refractivity contribution in [3.8, 4) is 0 Å². The number of carbonyl (C=O) groups is 1. The van der Waals surface area contributed by atoms with Gasteiger partial charge in [0.2, 0.25) is 5.91 Å². The number of aromatic nitrogens is 3. The number of hydrogen-bond donors (Lipinski definition) is 2. The van der Waals surface area contributed by atoms with Crippen LogP contribution in [-0.2, 0) is 27.7 Å². The normalized spacial score (nSPS) is 24.7. The Morgan fingerprint density at radius 1 is 1.55 bits per heavy atom. The molecule has 1 aromatic rings. The van der Waals surface area contributed by atoms with Crippen LogP contribution in [0.1, 0.15) is 5.69 Å². The highest BCUT2D eigenvalue weighted by atomic mass is 35.5. The number of sulfone groups is 1. The van der Waals surface area contributed by atoms with Gasteiger partial charge in [0.15, 0.2) is 9.84 Å². The molecule has 0 radical (unpaired) electrons. The van der Waals surface area contributed by atoms with Crippen LogP contribution < -0.4 is 10.6 Å². The lowest BCUT2D eigenvalue weighted by Crippen LogP contribution is -2.42. The molecule has 2 unspecified atom stereocenters. The van der Waals surface area contributed by atoms with Gasteiger partial charge in [0.05, 0.1) is 34.8 Å². The summed E-state index contributed by atoms with van der Waals surface area (Å²) in [5, 5.41) is 12.6. The van der Waals surface area contributed by atoms with E-state index >= 15 is 0 Å². The molecular formula is C10H16ClN5O3S. The highest BCUT2D eigenvalue weighted by molar-refractivity contribution is 7.91. The van der Waals surface area contributed by atoms with Gasteiger partial charge in [-0.25, -0.2) is 13.1 Å². The molecule has 1 fully saturated rings. The van der Waals surface area contributed by atoms with E-state index in [1.807, 2.05) is 0 Å². The van der Waals surface area contributed by atoms with Gasteiger partial charge in [-0.05, 0) is 7.05 Å². The molecule has 0 aliphatic carbocycles. The van der Waals surface area contributed by atoms with Crippen molar-refractivity contribution >= 4 is 27.3 Å². The Morgan fingerprint density at radius 3 is 2.90 bits per heavy atom.